The number of Topliss-reactive ketones (excluding diaryl/α,β-unsaturated/α-hetero) is 1. The van der Waals surface area contributed by atoms with E-state index >= 15 is 0 Å². The van der Waals surface area contributed by atoms with Crippen LogP contribution in [0.1, 0.15) is 16.7 Å². The summed E-state index contributed by atoms with van der Waals surface area (Å²) >= 11 is 0. The minimum Gasteiger partial charge on any atom is -0.509 e. The minimum atomic E-state index is -0.560. The molecule has 4 rings (SSSR count). The molecule has 1 aliphatic heterocycles. The highest BCUT2D eigenvalue weighted by Crippen LogP contribution is 2.30. The zero-order valence-electron chi connectivity index (χ0n) is 16.6. The van der Waals surface area contributed by atoms with Crippen molar-refractivity contribution in [1.29, 1.82) is 0 Å². The summed E-state index contributed by atoms with van der Waals surface area (Å²) in [5.74, 6) is -0.878. The molecular weight excluding hydrogens is 374 g/mol. The highest BCUT2D eigenvalue weighted by molar-refractivity contribution is 6.21. The van der Waals surface area contributed by atoms with Crippen molar-refractivity contribution in [2.24, 2.45) is 0 Å². The van der Waals surface area contributed by atoms with Gasteiger partial charge in [-0.05, 0) is 16.7 Å². The first-order valence-corrected chi connectivity index (χ1v) is 10.0. The standard InChI is InChI=1S/C26H23NO3/c28-23(17-20-12-6-2-7-13-20)24-25(29)22(16-19-10-4-1-5-11-19)27(26(24)30)18-21-14-8-3-9-15-21/h1-15,22,29H,16-18H2/t22-/m0/s1. The van der Waals surface area contributed by atoms with Crippen molar-refractivity contribution in [2.45, 2.75) is 25.4 Å². The van der Waals surface area contributed by atoms with Crippen LogP contribution >= 0.6 is 0 Å². The van der Waals surface area contributed by atoms with Crippen molar-refractivity contribution in [2.75, 3.05) is 0 Å². The molecule has 0 aliphatic carbocycles. The third kappa shape index (κ3) is 4.18. The molecule has 0 bridgehead atoms. The van der Waals surface area contributed by atoms with Gasteiger partial charge in [-0.1, -0.05) is 91.0 Å². The van der Waals surface area contributed by atoms with Crippen LogP contribution in [0.2, 0.25) is 0 Å². The molecule has 0 saturated heterocycles. The maximum absolute atomic E-state index is 13.2. The number of hydrogen-bond acceptors (Lipinski definition) is 3. The Kier molecular flexibility index (Phi) is 5.75. The van der Waals surface area contributed by atoms with Gasteiger partial charge in [0.2, 0.25) is 0 Å². The molecule has 1 aliphatic rings. The first-order chi connectivity index (χ1) is 14.6. The lowest BCUT2D eigenvalue weighted by atomic mass is 10.00. The van der Waals surface area contributed by atoms with E-state index in [-0.39, 0.29) is 23.5 Å². The maximum atomic E-state index is 13.2. The van der Waals surface area contributed by atoms with Gasteiger partial charge in [0.1, 0.15) is 11.3 Å². The average molecular weight is 397 g/mol. The summed E-state index contributed by atoms with van der Waals surface area (Å²) in [5, 5.41) is 11.0. The zero-order chi connectivity index (χ0) is 20.9. The van der Waals surface area contributed by atoms with Crippen LogP contribution < -0.4 is 0 Å². The molecule has 30 heavy (non-hydrogen) atoms. The molecule has 4 nitrogen and oxygen atoms in total. The molecule has 0 aromatic heterocycles. The van der Waals surface area contributed by atoms with Gasteiger partial charge >= 0.3 is 0 Å². The topological polar surface area (TPSA) is 57.6 Å². The lowest BCUT2D eigenvalue weighted by molar-refractivity contribution is -0.129. The van der Waals surface area contributed by atoms with E-state index in [1.54, 1.807) is 4.90 Å². The lowest BCUT2D eigenvalue weighted by Gasteiger charge is -2.25. The Balaban J connectivity index is 1.64. The van der Waals surface area contributed by atoms with Gasteiger partial charge in [-0.2, -0.15) is 0 Å². The van der Waals surface area contributed by atoms with Gasteiger partial charge in [-0.3, -0.25) is 9.59 Å². The molecule has 0 saturated carbocycles. The summed E-state index contributed by atoms with van der Waals surface area (Å²) in [4.78, 5) is 27.8. The predicted molar refractivity (Wildman–Crippen MR) is 116 cm³/mol. The Labute approximate surface area is 176 Å². The van der Waals surface area contributed by atoms with E-state index in [0.29, 0.717) is 13.0 Å². The van der Waals surface area contributed by atoms with Crippen LogP contribution in [0.15, 0.2) is 102 Å². The molecule has 0 spiro atoms. The van der Waals surface area contributed by atoms with Crippen molar-refractivity contribution in [3.8, 4) is 0 Å². The molecule has 1 atom stereocenters. The Hall–Kier alpha value is -3.66. The Bertz CT molecular complexity index is 1060. The van der Waals surface area contributed by atoms with Crippen LogP contribution in [0.5, 0.6) is 0 Å². The summed E-state index contributed by atoms with van der Waals surface area (Å²) in [6.07, 6.45) is 0.538. The van der Waals surface area contributed by atoms with Gasteiger partial charge in [-0.15, -0.1) is 0 Å². The maximum Gasteiger partial charge on any atom is 0.261 e. The van der Waals surface area contributed by atoms with Crippen molar-refractivity contribution in [3.63, 3.8) is 0 Å². The van der Waals surface area contributed by atoms with Crippen LogP contribution in [-0.2, 0) is 29.0 Å². The summed E-state index contributed by atoms with van der Waals surface area (Å²) < 4.78 is 0. The number of ketones is 1. The molecule has 3 aromatic rings. The van der Waals surface area contributed by atoms with Crippen LogP contribution in [0.3, 0.4) is 0 Å². The van der Waals surface area contributed by atoms with Crippen LogP contribution in [0.4, 0.5) is 0 Å². The van der Waals surface area contributed by atoms with Gasteiger partial charge in [0.15, 0.2) is 5.78 Å². The molecule has 0 radical (unpaired) electrons. The number of carbonyl (C=O) groups excluding carboxylic acids is 2. The molecule has 150 valence electrons. The van der Waals surface area contributed by atoms with Crippen molar-refractivity contribution in [3.05, 3.63) is 119 Å². The smallest absolute Gasteiger partial charge is 0.261 e. The molecule has 0 fully saturated rings. The second-order valence-electron chi connectivity index (χ2n) is 7.47. The average Bonchev–Trinajstić information content (AvgIpc) is 3.00. The number of hydrogen-bond donors (Lipinski definition) is 1. The Morgan fingerprint density at radius 3 is 1.83 bits per heavy atom. The number of aliphatic hydroxyl groups excluding tert-OH is 1. The zero-order valence-corrected chi connectivity index (χ0v) is 16.6. The highest BCUT2D eigenvalue weighted by Gasteiger charge is 2.42. The van der Waals surface area contributed by atoms with E-state index in [1.165, 1.54) is 0 Å². The van der Waals surface area contributed by atoms with E-state index < -0.39 is 11.9 Å². The van der Waals surface area contributed by atoms with Crippen molar-refractivity contribution < 1.29 is 14.7 Å². The number of aliphatic hydroxyl groups is 1. The summed E-state index contributed by atoms with van der Waals surface area (Å²) in [7, 11) is 0. The molecular formula is C26H23NO3. The number of rotatable bonds is 7. The van der Waals surface area contributed by atoms with Gasteiger partial charge in [0.25, 0.3) is 5.91 Å². The normalized spacial score (nSPS) is 16.2. The number of amides is 1. The molecule has 4 heteroatoms. The summed E-state index contributed by atoms with van der Waals surface area (Å²) in [6.45, 7) is 0.337. The van der Waals surface area contributed by atoms with E-state index in [1.807, 2.05) is 91.0 Å². The fraction of sp³-hybridized carbons (Fsp3) is 0.154. The largest absolute Gasteiger partial charge is 0.509 e. The number of benzene rings is 3. The summed E-state index contributed by atoms with van der Waals surface area (Å²) in [6, 6.07) is 28.0. The van der Waals surface area contributed by atoms with E-state index in [4.69, 9.17) is 0 Å². The monoisotopic (exact) mass is 397 g/mol. The van der Waals surface area contributed by atoms with Crippen LogP contribution in [0.25, 0.3) is 0 Å². The molecule has 0 unspecified atom stereocenters. The second-order valence-corrected chi connectivity index (χ2v) is 7.47. The SMILES string of the molecule is O=C(Cc1ccccc1)C1=C(O)[C@H](Cc2ccccc2)N(Cc2ccccc2)C1=O. The lowest BCUT2D eigenvalue weighted by Crippen LogP contribution is -2.37. The summed E-state index contributed by atoms with van der Waals surface area (Å²) in [5.41, 5.74) is 2.68. The van der Waals surface area contributed by atoms with E-state index in [0.717, 1.165) is 16.7 Å². The first-order valence-electron chi connectivity index (χ1n) is 10.0. The third-order valence-corrected chi connectivity index (χ3v) is 5.38. The van der Waals surface area contributed by atoms with Crippen LogP contribution in [-0.4, -0.2) is 27.7 Å². The Morgan fingerprint density at radius 1 is 0.767 bits per heavy atom. The molecule has 3 aromatic carbocycles. The Morgan fingerprint density at radius 2 is 1.27 bits per heavy atom. The van der Waals surface area contributed by atoms with Crippen molar-refractivity contribution in [1.82, 2.24) is 4.90 Å². The van der Waals surface area contributed by atoms with E-state index in [2.05, 4.69) is 0 Å². The van der Waals surface area contributed by atoms with Crippen LogP contribution in [0, 0.1) is 0 Å². The van der Waals surface area contributed by atoms with E-state index in [9.17, 15) is 14.7 Å². The fourth-order valence-corrected chi connectivity index (χ4v) is 3.85. The molecule has 1 heterocycles. The minimum absolute atomic E-state index is 0.0865. The number of nitrogens with zero attached hydrogens (tertiary/aromatic N) is 1. The quantitative estimate of drug-likeness (QED) is 0.606. The molecule has 1 N–H and O–H groups in total. The highest BCUT2D eigenvalue weighted by atomic mass is 16.3. The van der Waals surface area contributed by atoms with Gasteiger partial charge in [0, 0.05) is 19.4 Å². The van der Waals surface area contributed by atoms with Gasteiger partial charge in [-0.25, -0.2) is 0 Å². The van der Waals surface area contributed by atoms with Gasteiger partial charge in [0.05, 0.1) is 6.04 Å². The predicted octanol–water partition coefficient (Wildman–Crippen LogP) is 4.26. The van der Waals surface area contributed by atoms with Gasteiger partial charge < -0.3 is 10.0 Å². The number of carbonyl (C=O) groups is 2. The van der Waals surface area contributed by atoms with Crippen molar-refractivity contribution >= 4 is 11.7 Å². The first kappa shape index (κ1) is 19.6. The molecule has 1 amide bonds. The fourth-order valence-electron chi connectivity index (χ4n) is 3.85. The third-order valence-electron chi connectivity index (χ3n) is 5.38. The second kappa shape index (κ2) is 8.78.